The van der Waals surface area contributed by atoms with Crippen LogP contribution < -0.4 is 0 Å². The molecule has 0 aliphatic rings. The van der Waals surface area contributed by atoms with E-state index in [0.717, 1.165) is 31.8 Å². The van der Waals surface area contributed by atoms with Crippen molar-refractivity contribution >= 4 is 43.4 Å². The highest BCUT2D eigenvalue weighted by Gasteiger charge is 2.14. The van der Waals surface area contributed by atoms with Crippen molar-refractivity contribution < 1.29 is 0 Å². The van der Waals surface area contributed by atoms with Gasteiger partial charge in [0.1, 0.15) is 21.7 Å². The number of aliphatic imine (C=N–C) groups is 1. The second-order valence-electron chi connectivity index (χ2n) is 6.46. The van der Waals surface area contributed by atoms with Crippen LogP contribution in [0.3, 0.4) is 0 Å². The zero-order valence-electron chi connectivity index (χ0n) is 15.2. The summed E-state index contributed by atoms with van der Waals surface area (Å²) in [4.78, 5) is 21.2. The molecule has 1 aromatic carbocycles. The predicted molar refractivity (Wildman–Crippen MR) is 109 cm³/mol. The van der Waals surface area contributed by atoms with Crippen molar-refractivity contribution in [1.29, 1.82) is 0 Å². The molecule has 130 valence electrons. The smallest absolute Gasteiger partial charge is 0.175 e. The Bertz CT molecular complexity index is 1140. The standard InChI is InChI=1S/C20H19N5S/c1-12-7-8-14(10-13(12)2)19(25(3)4)24-18-17-16(22-11-23-18)15-6-5-9-21-20(15)26-17/h5-11H,1-4H3. The molecule has 0 aliphatic heterocycles. The summed E-state index contributed by atoms with van der Waals surface area (Å²) in [6.45, 7) is 4.23. The summed E-state index contributed by atoms with van der Waals surface area (Å²) in [5.74, 6) is 1.55. The van der Waals surface area contributed by atoms with Gasteiger partial charge in [-0.2, -0.15) is 0 Å². The molecular formula is C20H19N5S. The van der Waals surface area contributed by atoms with Gasteiger partial charge in [0, 0.05) is 31.2 Å². The summed E-state index contributed by atoms with van der Waals surface area (Å²) in [5.41, 5.74) is 4.50. The Morgan fingerprint density at radius 3 is 2.65 bits per heavy atom. The second-order valence-corrected chi connectivity index (χ2v) is 7.46. The van der Waals surface area contributed by atoms with Crippen molar-refractivity contribution in [3.63, 3.8) is 0 Å². The molecule has 26 heavy (non-hydrogen) atoms. The van der Waals surface area contributed by atoms with Crippen LogP contribution in [0.15, 0.2) is 47.8 Å². The van der Waals surface area contributed by atoms with Gasteiger partial charge in [-0.15, -0.1) is 11.3 Å². The van der Waals surface area contributed by atoms with Crippen LogP contribution in [0.1, 0.15) is 16.7 Å². The van der Waals surface area contributed by atoms with Gasteiger partial charge in [0.25, 0.3) is 0 Å². The van der Waals surface area contributed by atoms with Crippen molar-refractivity contribution in [2.75, 3.05) is 14.1 Å². The van der Waals surface area contributed by atoms with Gasteiger partial charge in [0.05, 0.1) is 5.52 Å². The zero-order valence-corrected chi connectivity index (χ0v) is 16.0. The molecule has 4 rings (SSSR count). The maximum Gasteiger partial charge on any atom is 0.175 e. The topological polar surface area (TPSA) is 54.3 Å². The molecule has 3 aromatic heterocycles. The summed E-state index contributed by atoms with van der Waals surface area (Å²) in [6.07, 6.45) is 3.38. The fraction of sp³-hybridized carbons (Fsp3) is 0.200. The van der Waals surface area contributed by atoms with E-state index in [9.17, 15) is 0 Å². The van der Waals surface area contributed by atoms with Gasteiger partial charge >= 0.3 is 0 Å². The number of aryl methyl sites for hydroxylation is 2. The van der Waals surface area contributed by atoms with Gasteiger partial charge in [-0.3, -0.25) is 0 Å². The van der Waals surface area contributed by atoms with E-state index in [2.05, 4.69) is 47.0 Å². The number of thiophene rings is 1. The molecule has 0 unspecified atom stereocenters. The molecule has 0 atom stereocenters. The highest BCUT2D eigenvalue weighted by atomic mass is 32.1. The molecule has 0 radical (unpaired) electrons. The summed E-state index contributed by atoms with van der Waals surface area (Å²) in [6, 6.07) is 10.4. The van der Waals surface area contributed by atoms with Gasteiger partial charge in [-0.05, 0) is 43.2 Å². The largest absolute Gasteiger partial charge is 0.362 e. The quantitative estimate of drug-likeness (QED) is 0.390. The van der Waals surface area contributed by atoms with Crippen LogP contribution in [0, 0.1) is 13.8 Å². The summed E-state index contributed by atoms with van der Waals surface area (Å²) < 4.78 is 0.962. The average Bonchev–Trinajstić information content (AvgIpc) is 3.01. The molecule has 0 fully saturated rings. The lowest BCUT2D eigenvalue weighted by molar-refractivity contribution is 0.624. The van der Waals surface area contributed by atoms with Crippen molar-refractivity contribution in [2.24, 2.45) is 4.99 Å². The number of fused-ring (bicyclic) bond motifs is 3. The van der Waals surface area contributed by atoms with E-state index in [1.165, 1.54) is 11.1 Å². The lowest BCUT2D eigenvalue weighted by atomic mass is 10.1. The number of aromatic nitrogens is 3. The van der Waals surface area contributed by atoms with Crippen molar-refractivity contribution in [2.45, 2.75) is 13.8 Å². The Morgan fingerprint density at radius 1 is 1.04 bits per heavy atom. The zero-order chi connectivity index (χ0) is 18.3. The second kappa shape index (κ2) is 6.46. The Hall–Kier alpha value is -2.86. The molecule has 0 N–H and O–H groups in total. The van der Waals surface area contributed by atoms with E-state index >= 15 is 0 Å². The van der Waals surface area contributed by atoms with Crippen LogP contribution in [-0.2, 0) is 0 Å². The Morgan fingerprint density at radius 2 is 1.88 bits per heavy atom. The minimum absolute atomic E-state index is 0.680. The number of amidine groups is 1. The molecule has 4 aromatic rings. The van der Waals surface area contributed by atoms with Crippen LogP contribution >= 0.6 is 11.3 Å². The van der Waals surface area contributed by atoms with Crippen LogP contribution in [0.4, 0.5) is 5.82 Å². The molecule has 0 spiro atoms. The maximum absolute atomic E-state index is 4.90. The highest BCUT2D eigenvalue weighted by Crippen LogP contribution is 2.35. The first-order chi connectivity index (χ1) is 12.5. The number of nitrogens with zero attached hydrogens (tertiary/aromatic N) is 5. The summed E-state index contributed by atoms with van der Waals surface area (Å²) >= 11 is 1.58. The van der Waals surface area contributed by atoms with Crippen LogP contribution in [0.2, 0.25) is 0 Å². The molecular weight excluding hydrogens is 342 g/mol. The fourth-order valence-electron chi connectivity index (χ4n) is 2.88. The van der Waals surface area contributed by atoms with Crippen LogP contribution in [0.5, 0.6) is 0 Å². The normalized spacial score (nSPS) is 12.1. The van der Waals surface area contributed by atoms with Gasteiger partial charge < -0.3 is 4.90 Å². The molecule has 3 heterocycles. The number of rotatable bonds is 2. The van der Waals surface area contributed by atoms with Gasteiger partial charge in [0.15, 0.2) is 5.82 Å². The van der Waals surface area contributed by atoms with Crippen LogP contribution in [-0.4, -0.2) is 39.8 Å². The van der Waals surface area contributed by atoms with E-state index in [0.29, 0.717) is 5.82 Å². The minimum Gasteiger partial charge on any atom is -0.362 e. The first-order valence-electron chi connectivity index (χ1n) is 8.36. The van der Waals surface area contributed by atoms with Gasteiger partial charge in [-0.25, -0.2) is 19.9 Å². The lowest BCUT2D eigenvalue weighted by Crippen LogP contribution is -2.23. The monoisotopic (exact) mass is 361 g/mol. The van der Waals surface area contributed by atoms with E-state index in [1.807, 2.05) is 31.1 Å². The van der Waals surface area contributed by atoms with E-state index in [4.69, 9.17) is 4.99 Å². The molecule has 6 heteroatoms. The van der Waals surface area contributed by atoms with Crippen molar-refractivity contribution in [1.82, 2.24) is 19.9 Å². The van der Waals surface area contributed by atoms with Crippen molar-refractivity contribution in [3.05, 3.63) is 59.5 Å². The minimum atomic E-state index is 0.680. The van der Waals surface area contributed by atoms with E-state index in [-0.39, 0.29) is 0 Å². The van der Waals surface area contributed by atoms with E-state index in [1.54, 1.807) is 23.9 Å². The first kappa shape index (κ1) is 16.6. The molecule has 0 bridgehead atoms. The number of hydrogen-bond donors (Lipinski definition) is 0. The first-order valence-corrected chi connectivity index (χ1v) is 9.18. The predicted octanol–water partition coefficient (Wildman–Crippen LogP) is 4.50. The summed E-state index contributed by atoms with van der Waals surface area (Å²) in [7, 11) is 4.00. The van der Waals surface area contributed by atoms with Crippen LogP contribution in [0.25, 0.3) is 20.4 Å². The van der Waals surface area contributed by atoms with Crippen molar-refractivity contribution in [3.8, 4) is 0 Å². The number of pyridine rings is 1. The maximum atomic E-state index is 4.90. The molecule has 0 amide bonds. The molecule has 5 nitrogen and oxygen atoms in total. The number of benzene rings is 1. The SMILES string of the molecule is Cc1ccc(C(=Nc2ncnc3c2sc2ncccc23)N(C)C)cc1C. The molecule has 0 aliphatic carbocycles. The van der Waals surface area contributed by atoms with Gasteiger partial charge in [0.2, 0.25) is 0 Å². The fourth-order valence-corrected chi connectivity index (χ4v) is 3.91. The Labute approximate surface area is 156 Å². The molecule has 0 saturated carbocycles. The average molecular weight is 361 g/mol. The highest BCUT2D eigenvalue weighted by molar-refractivity contribution is 7.25. The third kappa shape index (κ3) is 2.82. The lowest BCUT2D eigenvalue weighted by Gasteiger charge is -2.17. The number of hydrogen-bond acceptors (Lipinski definition) is 5. The third-order valence-electron chi connectivity index (χ3n) is 4.41. The van der Waals surface area contributed by atoms with E-state index < -0.39 is 0 Å². The Kier molecular flexibility index (Phi) is 4.12. The Balaban J connectivity index is 1.93. The van der Waals surface area contributed by atoms with Gasteiger partial charge in [-0.1, -0.05) is 12.1 Å². The third-order valence-corrected chi connectivity index (χ3v) is 5.51. The molecule has 0 saturated heterocycles. The summed E-state index contributed by atoms with van der Waals surface area (Å²) in [5, 5.41) is 1.05.